The zero-order chi connectivity index (χ0) is 12.3. The Morgan fingerprint density at radius 3 is 2.61 bits per heavy atom. The van der Waals surface area contributed by atoms with Crippen LogP contribution in [-0.2, 0) is 11.3 Å². The summed E-state index contributed by atoms with van der Waals surface area (Å²) in [6.45, 7) is 1.73. The molecule has 1 aliphatic rings. The van der Waals surface area contributed by atoms with Crippen LogP contribution in [-0.4, -0.2) is 39.8 Å². The first-order valence-electron chi connectivity index (χ1n) is 5.82. The van der Waals surface area contributed by atoms with E-state index in [9.17, 15) is 9.90 Å². The molecule has 1 fully saturated rings. The number of rotatable bonds is 3. The summed E-state index contributed by atoms with van der Waals surface area (Å²) in [5.41, 5.74) is -0.435. The molecule has 0 radical (unpaired) electrons. The molecule has 0 aromatic heterocycles. The average molecular weight is 272 g/mol. The highest BCUT2D eigenvalue weighted by atomic mass is 35.5. The molecule has 2 rings (SSSR count). The van der Waals surface area contributed by atoms with E-state index < -0.39 is 11.6 Å². The minimum absolute atomic E-state index is 0. The Labute approximate surface area is 113 Å². The van der Waals surface area contributed by atoms with Crippen molar-refractivity contribution in [3.05, 3.63) is 35.9 Å². The molecule has 18 heavy (non-hydrogen) atoms. The SMILES string of the molecule is Cl.O=C(O)C1(O)CCCN(Cc2ccccc2)C1. The lowest BCUT2D eigenvalue weighted by molar-refractivity contribution is -0.164. The van der Waals surface area contributed by atoms with Crippen LogP contribution in [0, 0.1) is 0 Å². The summed E-state index contributed by atoms with van der Waals surface area (Å²) < 4.78 is 0. The molecule has 2 N–H and O–H groups in total. The predicted octanol–water partition coefficient (Wildman–Crippen LogP) is 1.52. The molecule has 0 aliphatic carbocycles. The average Bonchev–Trinajstić information content (AvgIpc) is 2.30. The lowest BCUT2D eigenvalue weighted by Gasteiger charge is -2.36. The van der Waals surface area contributed by atoms with E-state index in [0.717, 1.165) is 18.5 Å². The second kappa shape index (κ2) is 6.18. The maximum absolute atomic E-state index is 11.0. The van der Waals surface area contributed by atoms with Gasteiger partial charge in [0.1, 0.15) is 0 Å². The number of benzene rings is 1. The molecule has 0 spiro atoms. The Morgan fingerprint density at radius 2 is 2.00 bits per heavy atom. The summed E-state index contributed by atoms with van der Waals surface area (Å²) >= 11 is 0. The molecule has 0 saturated carbocycles. The van der Waals surface area contributed by atoms with Gasteiger partial charge in [0.2, 0.25) is 0 Å². The van der Waals surface area contributed by atoms with Crippen molar-refractivity contribution in [1.82, 2.24) is 4.90 Å². The fourth-order valence-corrected chi connectivity index (χ4v) is 2.27. The Hall–Kier alpha value is -1.10. The van der Waals surface area contributed by atoms with E-state index in [-0.39, 0.29) is 19.0 Å². The fourth-order valence-electron chi connectivity index (χ4n) is 2.27. The minimum Gasteiger partial charge on any atom is -0.479 e. The number of carboxylic acids is 1. The third-order valence-electron chi connectivity index (χ3n) is 3.20. The number of hydrogen-bond acceptors (Lipinski definition) is 3. The number of piperidine rings is 1. The summed E-state index contributed by atoms with van der Waals surface area (Å²) in [5, 5.41) is 19.0. The van der Waals surface area contributed by atoms with E-state index in [4.69, 9.17) is 5.11 Å². The van der Waals surface area contributed by atoms with Gasteiger partial charge in [0, 0.05) is 13.1 Å². The van der Waals surface area contributed by atoms with E-state index in [1.165, 1.54) is 0 Å². The molecular weight excluding hydrogens is 254 g/mol. The van der Waals surface area contributed by atoms with Gasteiger partial charge in [0.25, 0.3) is 0 Å². The molecule has 100 valence electrons. The number of β-amino-alcohol motifs (C(OH)–C–C–N with tert-alkyl or cyclic N) is 1. The van der Waals surface area contributed by atoms with Crippen molar-refractivity contribution in [2.75, 3.05) is 13.1 Å². The van der Waals surface area contributed by atoms with Crippen LogP contribution in [0.5, 0.6) is 0 Å². The van der Waals surface area contributed by atoms with Gasteiger partial charge in [-0.2, -0.15) is 0 Å². The van der Waals surface area contributed by atoms with E-state index >= 15 is 0 Å². The largest absolute Gasteiger partial charge is 0.479 e. The van der Waals surface area contributed by atoms with Crippen molar-refractivity contribution < 1.29 is 15.0 Å². The van der Waals surface area contributed by atoms with Gasteiger partial charge in [0.05, 0.1) is 0 Å². The lowest BCUT2D eigenvalue weighted by atomic mass is 9.93. The standard InChI is InChI=1S/C13H17NO3.ClH/c15-12(16)13(17)7-4-8-14(10-13)9-11-5-2-1-3-6-11;/h1-3,5-6,17H,4,7-10H2,(H,15,16);1H. The molecule has 1 saturated heterocycles. The number of nitrogens with zero attached hydrogens (tertiary/aromatic N) is 1. The van der Waals surface area contributed by atoms with Gasteiger partial charge in [-0.1, -0.05) is 30.3 Å². The van der Waals surface area contributed by atoms with Crippen molar-refractivity contribution in [2.24, 2.45) is 0 Å². The van der Waals surface area contributed by atoms with Crippen LogP contribution in [0.25, 0.3) is 0 Å². The molecule has 1 unspecified atom stereocenters. The molecule has 1 heterocycles. The van der Waals surface area contributed by atoms with Gasteiger partial charge in [-0.05, 0) is 24.9 Å². The Bertz CT molecular complexity index is 398. The Morgan fingerprint density at radius 1 is 1.33 bits per heavy atom. The summed E-state index contributed by atoms with van der Waals surface area (Å²) in [6.07, 6.45) is 1.06. The normalized spacial score (nSPS) is 24.3. The molecule has 0 amide bonds. The monoisotopic (exact) mass is 271 g/mol. The maximum Gasteiger partial charge on any atom is 0.337 e. The smallest absolute Gasteiger partial charge is 0.337 e. The first-order valence-corrected chi connectivity index (χ1v) is 5.82. The molecule has 1 aromatic rings. The van der Waals surface area contributed by atoms with Crippen LogP contribution in [0.2, 0.25) is 0 Å². The second-order valence-corrected chi connectivity index (χ2v) is 4.64. The van der Waals surface area contributed by atoms with Gasteiger partial charge >= 0.3 is 5.97 Å². The first kappa shape index (κ1) is 15.0. The summed E-state index contributed by atoms with van der Waals surface area (Å²) in [5.74, 6) is -1.12. The third kappa shape index (κ3) is 3.45. The molecule has 0 bridgehead atoms. The number of carbonyl (C=O) groups is 1. The van der Waals surface area contributed by atoms with Crippen molar-refractivity contribution in [3.8, 4) is 0 Å². The van der Waals surface area contributed by atoms with Crippen LogP contribution >= 0.6 is 12.4 Å². The van der Waals surface area contributed by atoms with Crippen molar-refractivity contribution in [3.63, 3.8) is 0 Å². The summed E-state index contributed by atoms with van der Waals surface area (Å²) in [6, 6.07) is 9.89. The number of hydrogen-bond donors (Lipinski definition) is 2. The van der Waals surface area contributed by atoms with Gasteiger partial charge in [0.15, 0.2) is 5.60 Å². The van der Waals surface area contributed by atoms with Crippen molar-refractivity contribution >= 4 is 18.4 Å². The lowest BCUT2D eigenvalue weighted by Crippen LogP contribution is -2.52. The van der Waals surface area contributed by atoms with E-state index in [1.807, 2.05) is 35.2 Å². The summed E-state index contributed by atoms with van der Waals surface area (Å²) in [7, 11) is 0. The highest BCUT2D eigenvalue weighted by Gasteiger charge is 2.40. The van der Waals surface area contributed by atoms with Crippen LogP contribution in [0.1, 0.15) is 18.4 Å². The molecule has 1 aliphatic heterocycles. The zero-order valence-electron chi connectivity index (χ0n) is 10.1. The van der Waals surface area contributed by atoms with Crippen LogP contribution < -0.4 is 0 Å². The molecule has 1 atom stereocenters. The molecule has 5 heteroatoms. The van der Waals surface area contributed by atoms with Crippen LogP contribution in [0.15, 0.2) is 30.3 Å². The van der Waals surface area contributed by atoms with E-state index in [0.29, 0.717) is 13.0 Å². The zero-order valence-corrected chi connectivity index (χ0v) is 10.9. The number of aliphatic hydroxyl groups is 1. The van der Waals surface area contributed by atoms with Crippen LogP contribution in [0.3, 0.4) is 0 Å². The topological polar surface area (TPSA) is 60.8 Å². The number of halogens is 1. The quantitative estimate of drug-likeness (QED) is 0.875. The first-order chi connectivity index (χ1) is 8.10. The highest BCUT2D eigenvalue weighted by molar-refractivity contribution is 5.85. The van der Waals surface area contributed by atoms with Crippen molar-refractivity contribution in [1.29, 1.82) is 0 Å². The summed E-state index contributed by atoms with van der Waals surface area (Å²) in [4.78, 5) is 13.0. The molecular formula is C13H18ClNO3. The van der Waals surface area contributed by atoms with Gasteiger partial charge in [-0.3, -0.25) is 4.90 Å². The van der Waals surface area contributed by atoms with Crippen molar-refractivity contribution in [2.45, 2.75) is 25.0 Å². The molecule has 1 aromatic carbocycles. The number of carboxylic acid groups (broad SMARTS) is 1. The Balaban J connectivity index is 0.00000162. The molecule has 4 nitrogen and oxygen atoms in total. The number of aliphatic carboxylic acids is 1. The van der Waals surface area contributed by atoms with Gasteiger partial charge < -0.3 is 10.2 Å². The fraction of sp³-hybridized carbons (Fsp3) is 0.462. The second-order valence-electron chi connectivity index (χ2n) is 4.64. The van der Waals surface area contributed by atoms with Crippen LogP contribution in [0.4, 0.5) is 0 Å². The van der Waals surface area contributed by atoms with E-state index in [1.54, 1.807) is 0 Å². The third-order valence-corrected chi connectivity index (χ3v) is 3.20. The van der Waals surface area contributed by atoms with E-state index in [2.05, 4.69) is 0 Å². The predicted molar refractivity (Wildman–Crippen MR) is 70.8 cm³/mol. The number of likely N-dealkylation sites (tertiary alicyclic amines) is 1. The van der Waals surface area contributed by atoms with Gasteiger partial charge in [-0.25, -0.2) is 4.79 Å². The van der Waals surface area contributed by atoms with Gasteiger partial charge in [-0.15, -0.1) is 12.4 Å². The highest BCUT2D eigenvalue weighted by Crippen LogP contribution is 2.22. The maximum atomic E-state index is 11.0. The minimum atomic E-state index is -1.58. The Kier molecular flexibility index (Phi) is 5.14.